The summed E-state index contributed by atoms with van der Waals surface area (Å²) >= 11 is 0. The van der Waals surface area contributed by atoms with Gasteiger partial charge in [0, 0.05) is 0 Å². The number of halogens is 2. The highest BCUT2D eigenvalue weighted by Crippen LogP contribution is 2.25. The van der Waals surface area contributed by atoms with Gasteiger partial charge >= 0.3 is 5.97 Å². The molecule has 5 heteroatoms. The van der Waals surface area contributed by atoms with E-state index in [4.69, 9.17) is 9.47 Å². The summed E-state index contributed by atoms with van der Waals surface area (Å²) in [6, 6.07) is 11.0. The summed E-state index contributed by atoms with van der Waals surface area (Å²) in [7, 11) is 0. The summed E-state index contributed by atoms with van der Waals surface area (Å²) in [5, 5.41) is 0. The maximum absolute atomic E-state index is 14.2. The molecule has 0 amide bonds. The topological polar surface area (TPSA) is 35.5 Å². The molecule has 2 aromatic rings. The van der Waals surface area contributed by atoms with E-state index in [9.17, 15) is 13.6 Å². The Balaban J connectivity index is 2.18. The van der Waals surface area contributed by atoms with Gasteiger partial charge in [0.05, 0.1) is 6.10 Å². The van der Waals surface area contributed by atoms with Crippen molar-refractivity contribution in [1.29, 1.82) is 0 Å². The van der Waals surface area contributed by atoms with Crippen molar-refractivity contribution < 1.29 is 23.0 Å². The van der Waals surface area contributed by atoms with Crippen LogP contribution in [-0.4, -0.2) is 12.1 Å². The van der Waals surface area contributed by atoms with Crippen molar-refractivity contribution >= 4 is 5.97 Å². The Bertz CT molecular complexity index is 654. The van der Waals surface area contributed by atoms with Crippen molar-refractivity contribution in [3.63, 3.8) is 0 Å². The van der Waals surface area contributed by atoms with Crippen LogP contribution in [0, 0.1) is 11.6 Å². The molecule has 0 aliphatic rings. The van der Waals surface area contributed by atoms with Crippen molar-refractivity contribution in [3.8, 4) is 5.75 Å². The minimum Gasteiger partial charge on any atom is -0.488 e. The molecule has 0 bridgehead atoms. The van der Waals surface area contributed by atoms with Crippen LogP contribution in [0.3, 0.4) is 0 Å². The Morgan fingerprint density at radius 3 is 2.41 bits per heavy atom. The van der Waals surface area contributed by atoms with Crippen LogP contribution < -0.4 is 4.74 Å². The third-order valence-electron chi connectivity index (χ3n) is 2.84. The number of carbonyl (C=O) groups is 1. The van der Waals surface area contributed by atoms with Crippen LogP contribution in [0.2, 0.25) is 0 Å². The molecule has 22 heavy (non-hydrogen) atoms. The molecule has 116 valence electrons. The summed E-state index contributed by atoms with van der Waals surface area (Å²) in [6.45, 7) is 3.35. The molecule has 0 atom stereocenters. The third-order valence-corrected chi connectivity index (χ3v) is 2.84. The molecule has 0 heterocycles. The molecule has 0 aromatic heterocycles. The Morgan fingerprint density at radius 2 is 1.77 bits per heavy atom. The maximum atomic E-state index is 14.2. The first-order valence-corrected chi connectivity index (χ1v) is 6.84. The van der Waals surface area contributed by atoms with E-state index in [0.717, 1.165) is 17.7 Å². The van der Waals surface area contributed by atoms with Crippen molar-refractivity contribution in [2.24, 2.45) is 0 Å². The Kier molecular flexibility index (Phi) is 5.09. The number of rotatable bonds is 5. The molecular weight excluding hydrogens is 290 g/mol. The van der Waals surface area contributed by atoms with E-state index in [0.29, 0.717) is 0 Å². The van der Waals surface area contributed by atoms with Gasteiger partial charge in [-0.05, 0) is 31.5 Å². The van der Waals surface area contributed by atoms with Crippen molar-refractivity contribution in [2.45, 2.75) is 26.6 Å². The van der Waals surface area contributed by atoms with Crippen molar-refractivity contribution in [3.05, 3.63) is 65.2 Å². The fourth-order valence-corrected chi connectivity index (χ4v) is 1.86. The highest BCUT2D eigenvalue weighted by Gasteiger charge is 2.23. The summed E-state index contributed by atoms with van der Waals surface area (Å²) in [4.78, 5) is 11.9. The number of carbonyl (C=O) groups excluding carboxylic acids is 1. The number of ether oxygens (including phenoxy) is 2. The fourth-order valence-electron chi connectivity index (χ4n) is 1.86. The first-order chi connectivity index (χ1) is 10.5. The molecule has 2 rings (SSSR count). The lowest BCUT2D eigenvalue weighted by Crippen LogP contribution is -2.13. The molecule has 0 radical (unpaired) electrons. The minimum absolute atomic E-state index is 0.0617. The van der Waals surface area contributed by atoms with Gasteiger partial charge < -0.3 is 9.47 Å². The molecule has 0 saturated carbocycles. The number of esters is 1. The molecule has 0 aliphatic heterocycles. The van der Waals surface area contributed by atoms with E-state index in [1.165, 1.54) is 0 Å². The standard InChI is InChI=1S/C17H16F2O3/c1-11(2)22-14-9-8-13(18)15(16(14)19)17(20)21-10-12-6-4-3-5-7-12/h3-9,11H,10H2,1-2H3. The highest BCUT2D eigenvalue weighted by atomic mass is 19.1. The van der Waals surface area contributed by atoms with Gasteiger partial charge in [-0.25, -0.2) is 13.6 Å². The monoisotopic (exact) mass is 306 g/mol. The van der Waals surface area contributed by atoms with Gasteiger partial charge in [-0.15, -0.1) is 0 Å². The van der Waals surface area contributed by atoms with Gasteiger partial charge in [-0.2, -0.15) is 0 Å². The second-order valence-electron chi connectivity index (χ2n) is 4.96. The number of hydrogen-bond donors (Lipinski definition) is 0. The van der Waals surface area contributed by atoms with Gasteiger partial charge in [0.2, 0.25) is 0 Å². The van der Waals surface area contributed by atoms with Crippen LogP contribution in [0.5, 0.6) is 5.75 Å². The fraction of sp³-hybridized carbons (Fsp3) is 0.235. The lowest BCUT2D eigenvalue weighted by molar-refractivity contribution is 0.0459. The lowest BCUT2D eigenvalue weighted by Gasteiger charge is -2.13. The molecule has 0 fully saturated rings. The van der Waals surface area contributed by atoms with E-state index in [2.05, 4.69) is 0 Å². The van der Waals surface area contributed by atoms with E-state index in [1.807, 2.05) is 6.07 Å². The van der Waals surface area contributed by atoms with Gasteiger partial charge in [-0.1, -0.05) is 30.3 Å². The van der Waals surface area contributed by atoms with E-state index in [1.54, 1.807) is 38.1 Å². The highest BCUT2D eigenvalue weighted by molar-refractivity contribution is 5.90. The minimum atomic E-state index is -1.06. The smallest absolute Gasteiger partial charge is 0.344 e. The molecule has 0 aliphatic carbocycles. The first-order valence-electron chi connectivity index (χ1n) is 6.84. The van der Waals surface area contributed by atoms with Crippen LogP contribution in [0.4, 0.5) is 8.78 Å². The van der Waals surface area contributed by atoms with Crippen molar-refractivity contribution in [1.82, 2.24) is 0 Å². The van der Waals surface area contributed by atoms with E-state index in [-0.39, 0.29) is 18.5 Å². The van der Waals surface area contributed by atoms with Crippen LogP contribution in [0.25, 0.3) is 0 Å². The average molecular weight is 306 g/mol. The van der Waals surface area contributed by atoms with Crippen molar-refractivity contribution in [2.75, 3.05) is 0 Å². The second-order valence-corrected chi connectivity index (χ2v) is 4.96. The summed E-state index contributed by atoms with van der Waals surface area (Å²) < 4.78 is 38.1. The predicted octanol–water partition coefficient (Wildman–Crippen LogP) is 4.11. The first kappa shape index (κ1) is 15.9. The van der Waals surface area contributed by atoms with Crippen LogP contribution in [-0.2, 0) is 11.3 Å². The SMILES string of the molecule is CC(C)Oc1ccc(F)c(C(=O)OCc2ccccc2)c1F. The molecule has 3 nitrogen and oxygen atoms in total. The summed E-state index contributed by atoms with van der Waals surface area (Å²) in [6.07, 6.45) is -0.298. The molecular formula is C17H16F2O3. The van der Waals surface area contributed by atoms with Crippen LogP contribution in [0.1, 0.15) is 29.8 Å². The largest absolute Gasteiger partial charge is 0.488 e. The average Bonchev–Trinajstić information content (AvgIpc) is 2.49. The Labute approximate surface area is 127 Å². The van der Waals surface area contributed by atoms with Gasteiger partial charge in [0.25, 0.3) is 0 Å². The quantitative estimate of drug-likeness (QED) is 0.780. The Morgan fingerprint density at radius 1 is 1.09 bits per heavy atom. The number of benzene rings is 2. The zero-order valence-electron chi connectivity index (χ0n) is 12.3. The van der Waals surface area contributed by atoms with Gasteiger partial charge in [0.1, 0.15) is 18.0 Å². The summed E-state index contributed by atoms with van der Waals surface area (Å²) in [5.41, 5.74) is -0.0136. The second kappa shape index (κ2) is 7.02. The zero-order valence-corrected chi connectivity index (χ0v) is 12.3. The lowest BCUT2D eigenvalue weighted by atomic mass is 10.2. The summed E-state index contributed by atoms with van der Waals surface area (Å²) in [5.74, 6) is -3.27. The molecule has 2 aromatic carbocycles. The molecule has 0 saturated heterocycles. The third kappa shape index (κ3) is 3.81. The van der Waals surface area contributed by atoms with Gasteiger partial charge in [0.15, 0.2) is 11.6 Å². The van der Waals surface area contributed by atoms with Crippen LogP contribution >= 0.6 is 0 Å². The maximum Gasteiger partial charge on any atom is 0.344 e. The van der Waals surface area contributed by atoms with E-state index >= 15 is 0 Å². The molecule has 0 N–H and O–H groups in total. The molecule has 0 unspecified atom stereocenters. The number of hydrogen-bond acceptors (Lipinski definition) is 3. The van der Waals surface area contributed by atoms with E-state index < -0.39 is 23.2 Å². The zero-order chi connectivity index (χ0) is 16.1. The van der Waals surface area contributed by atoms with Crippen LogP contribution in [0.15, 0.2) is 42.5 Å². The molecule has 0 spiro atoms. The normalized spacial score (nSPS) is 10.6. The Hall–Kier alpha value is -2.43. The predicted molar refractivity (Wildman–Crippen MR) is 77.7 cm³/mol. The van der Waals surface area contributed by atoms with Gasteiger partial charge in [-0.3, -0.25) is 0 Å².